The average molecular weight is 347 g/mol. The van der Waals surface area contributed by atoms with Gasteiger partial charge in [0.2, 0.25) is 0 Å². The van der Waals surface area contributed by atoms with Gasteiger partial charge in [-0.25, -0.2) is 0 Å². The molecule has 0 saturated carbocycles. The van der Waals surface area contributed by atoms with Crippen molar-refractivity contribution in [1.29, 1.82) is 0 Å². The first-order valence-electron chi connectivity index (χ1n) is 3.24. The molecule has 0 heterocycles. The third kappa shape index (κ3) is 7.07. The van der Waals surface area contributed by atoms with Crippen molar-refractivity contribution in [2.24, 2.45) is 5.92 Å². The molecule has 0 aliphatic heterocycles. The third-order valence-corrected chi connectivity index (χ3v) is 1.37. The first-order valence-corrected chi connectivity index (χ1v) is 4.06. The van der Waals surface area contributed by atoms with Crippen LogP contribution < -0.4 is 0 Å². The maximum absolute atomic E-state index is 8.26. The summed E-state index contributed by atoms with van der Waals surface area (Å²) in [4.78, 5) is 0. The first-order chi connectivity index (χ1) is 4.93. The Bertz CT molecular complexity index is 122. The van der Waals surface area contributed by atoms with Gasteiger partial charge in [-0.05, 0) is 5.92 Å². The molecule has 0 aromatic carbocycles. The van der Waals surface area contributed by atoms with Crippen LogP contribution in [0.1, 0.15) is 12.8 Å². The van der Waals surface area contributed by atoms with Gasteiger partial charge in [0, 0.05) is 0 Å². The van der Waals surface area contributed by atoms with Crippen LogP contribution in [0.15, 0.2) is 24.3 Å². The van der Waals surface area contributed by atoms with Gasteiger partial charge in [0.05, 0.1) is 0 Å². The van der Waals surface area contributed by atoms with E-state index in [4.69, 9.17) is 3.40 Å². The summed E-state index contributed by atoms with van der Waals surface area (Å²) in [6, 6.07) is 0. The number of halogens is 1. The van der Waals surface area contributed by atoms with Gasteiger partial charge in [-0.3, -0.25) is 0 Å². The predicted octanol–water partition coefficient (Wildman–Crippen LogP) is 2.84. The van der Waals surface area contributed by atoms with Gasteiger partial charge in [-0.15, -0.1) is 24.0 Å². The maximum atomic E-state index is 8.26. The van der Waals surface area contributed by atoms with E-state index in [1.165, 1.54) is 6.42 Å². The number of hydrogen-bond acceptors (Lipinski definition) is 1. The second-order valence-electron chi connectivity index (χ2n) is 2.08. The molecule has 0 saturated heterocycles. The van der Waals surface area contributed by atoms with Gasteiger partial charge >= 0.3 is 23.2 Å². The molecule has 0 spiro atoms. The molecule has 1 aliphatic rings. The fraction of sp³-hybridized carbons (Fsp3) is 0.375. The molecule has 0 N–H and O–H groups in total. The fourth-order valence-electron chi connectivity index (χ4n) is 0.906. The van der Waals surface area contributed by atoms with Crippen molar-refractivity contribution in [2.45, 2.75) is 12.8 Å². The minimum absolute atomic E-state index is 0. The van der Waals surface area contributed by atoms with Gasteiger partial charge in [0.15, 0.2) is 0 Å². The minimum atomic E-state index is 0. The zero-order chi connectivity index (χ0) is 7.82. The van der Waals surface area contributed by atoms with Gasteiger partial charge in [0.25, 0.3) is 0 Å². The van der Waals surface area contributed by atoms with Crippen LogP contribution in [0.25, 0.3) is 0 Å². The molecule has 1 rings (SSSR count). The summed E-state index contributed by atoms with van der Waals surface area (Å²) in [6.07, 6.45) is 10.9. The van der Waals surface area contributed by atoms with Gasteiger partial charge in [-0.2, -0.15) is 6.42 Å². The molecule has 11 heavy (non-hydrogen) atoms. The van der Waals surface area contributed by atoms with E-state index in [-0.39, 0.29) is 24.0 Å². The zero-order valence-corrected chi connectivity index (χ0v) is 10.6. The van der Waals surface area contributed by atoms with Crippen molar-refractivity contribution < 1.29 is 23.2 Å². The second kappa shape index (κ2) is 10.7. The first kappa shape index (κ1) is 14.2. The standard InChI is InChI=1S/C8H11.HI.Mo.O/c1-2-5-8-6-3-4-7-8;;;/h3-4,6-8H,1-2,5H2;1H;;/q-1;;;. The Morgan fingerprint density at radius 1 is 1.27 bits per heavy atom. The molecular weight excluding hydrogens is 335 g/mol. The molecule has 0 fully saturated rings. The van der Waals surface area contributed by atoms with Crippen LogP contribution in [0, 0.1) is 12.8 Å². The van der Waals surface area contributed by atoms with Crippen molar-refractivity contribution >= 4 is 24.0 Å². The van der Waals surface area contributed by atoms with Crippen molar-refractivity contribution in [3.8, 4) is 0 Å². The molecule has 0 atom stereocenters. The van der Waals surface area contributed by atoms with E-state index in [9.17, 15) is 0 Å². The summed E-state index contributed by atoms with van der Waals surface area (Å²) in [7, 11) is 0. The molecule has 0 unspecified atom stereocenters. The van der Waals surface area contributed by atoms with Crippen molar-refractivity contribution in [3.05, 3.63) is 31.2 Å². The Morgan fingerprint density at radius 2 is 1.73 bits per heavy atom. The van der Waals surface area contributed by atoms with Crippen LogP contribution in [0.5, 0.6) is 0 Å². The molecule has 0 amide bonds. The quantitative estimate of drug-likeness (QED) is 0.427. The SMILES string of the molecule is I.[CH2-]CCC1C=CC=C1.[O]=[Mo]. The van der Waals surface area contributed by atoms with E-state index in [0.717, 1.165) is 6.42 Å². The summed E-state index contributed by atoms with van der Waals surface area (Å²) in [5.41, 5.74) is 0. The Balaban J connectivity index is 0. The molecule has 64 valence electrons. The Kier molecular flexibility index (Phi) is 13.8. The monoisotopic (exact) mass is 349 g/mol. The van der Waals surface area contributed by atoms with Gasteiger partial charge in [0.1, 0.15) is 0 Å². The Labute approximate surface area is 96.6 Å². The van der Waals surface area contributed by atoms with Crippen molar-refractivity contribution in [3.63, 3.8) is 0 Å². The summed E-state index contributed by atoms with van der Waals surface area (Å²) >= 11 is 0.700. The van der Waals surface area contributed by atoms with E-state index in [1.54, 1.807) is 0 Å². The van der Waals surface area contributed by atoms with Crippen LogP contribution in [0.2, 0.25) is 0 Å². The summed E-state index contributed by atoms with van der Waals surface area (Å²) in [5.74, 6) is 0.687. The third-order valence-electron chi connectivity index (χ3n) is 1.37. The molecule has 0 bridgehead atoms. The van der Waals surface area contributed by atoms with Crippen LogP contribution in [0.4, 0.5) is 0 Å². The summed E-state index contributed by atoms with van der Waals surface area (Å²) in [6.45, 7) is 3.78. The Morgan fingerprint density at radius 3 is 2.09 bits per heavy atom. The number of rotatable bonds is 2. The van der Waals surface area contributed by atoms with E-state index < -0.39 is 0 Å². The molecule has 0 radical (unpaired) electrons. The summed E-state index contributed by atoms with van der Waals surface area (Å²) < 4.78 is 8.26. The molecule has 1 aliphatic carbocycles. The Hall–Kier alpha value is 0.698. The van der Waals surface area contributed by atoms with Crippen LogP contribution >= 0.6 is 24.0 Å². The zero-order valence-electron chi connectivity index (χ0n) is 6.23. The second-order valence-corrected chi connectivity index (χ2v) is 2.08. The van der Waals surface area contributed by atoms with Gasteiger partial charge in [-0.1, -0.05) is 30.7 Å². The number of allylic oxidation sites excluding steroid dienone is 4. The van der Waals surface area contributed by atoms with Crippen molar-refractivity contribution in [2.75, 3.05) is 0 Å². The molecule has 3 heteroatoms. The van der Waals surface area contributed by atoms with Crippen molar-refractivity contribution in [1.82, 2.24) is 0 Å². The van der Waals surface area contributed by atoms with Crippen LogP contribution in [-0.4, -0.2) is 0 Å². The molecule has 0 aromatic heterocycles. The average Bonchev–Trinajstić information content (AvgIpc) is 2.46. The van der Waals surface area contributed by atoms with E-state index in [0.29, 0.717) is 25.7 Å². The normalized spacial score (nSPS) is 13.5. The molecule has 0 aromatic rings. The molecule has 1 nitrogen and oxygen atoms in total. The molecular formula is C8H12IMoO-. The number of hydrogen-bond donors (Lipinski definition) is 0. The van der Waals surface area contributed by atoms with Crippen LogP contribution in [-0.2, 0) is 23.2 Å². The fourth-order valence-corrected chi connectivity index (χ4v) is 0.906. The van der Waals surface area contributed by atoms with E-state index >= 15 is 0 Å². The summed E-state index contributed by atoms with van der Waals surface area (Å²) in [5, 5.41) is 0. The topological polar surface area (TPSA) is 17.1 Å². The van der Waals surface area contributed by atoms with Crippen LogP contribution in [0.3, 0.4) is 0 Å². The van der Waals surface area contributed by atoms with E-state index in [1.807, 2.05) is 0 Å². The van der Waals surface area contributed by atoms with Gasteiger partial charge < -0.3 is 6.92 Å². The van der Waals surface area contributed by atoms with E-state index in [2.05, 4.69) is 31.2 Å². The predicted molar refractivity (Wildman–Crippen MR) is 52.5 cm³/mol.